The molecule has 1 N–H and O–H groups in total. The van der Waals surface area contributed by atoms with Crippen LogP contribution in [0.25, 0.3) is 5.73 Å². The fourth-order valence-electron chi connectivity index (χ4n) is 0. The molecule has 78 valence electrons. The third-order valence-corrected chi connectivity index (χ3v) is 2.44. The van der Waals surface area contributed by atoms with Crippen molar-refractivity contribution in [3.63, 3.8) is 0 Å². The summed E-state index contributed by atoms with van der Waals surface area (Å²) in [6, 6.07) is 0. The molecule has 5 nitrogen and oxygen atoms in total. The summed E-state index contributed by atoms with van der Waals surface area (Å²) in [6.07, 6.45) is 0.944. The van der Waals surface area contributed by atoms with E-state index in [1.165, 1.54) is 20.8 Å². The van der Waals surface area contributed by atoms with Crippen LogP contribution in [0.3, 0.4) is 0 Å². The van der Waals surface area contributed by atoms with Gasteiger partial charge < -0.3 is 15.1 Å². The van der Waals surface area contributed by atoms with Gasteiger partial charge in [0.1, 0.15) is 0 Å². The summed E-state index contributed by atoms with van der Waals surface area (Å²) in [7, 11) is -4.09. The fourth-order valence-corrected chi connectivity index (χ4v) is 0. The van der Waals surface area contributed by atoms with Crippen molar-refractivity contribution < 1.29 is 76.9 Å². The number of hydrogen-bond donors (Lipinski definition) is 0. The SMILES string of the molecule is C=CC([NH-])=O.CC(C)(C)S(=O)(=O)[O-].[Na+].[Na+]. The third-order valence-electron chi connectivity index (χ3n) is 0.935. The molecular weight excluding hydrogens is 240 g/mol. The van der Waals surface area contributed by atoms with Crippen molar-refractivity contribution in [1.29, 1.82) is 0 Å². The Kier molecular flexibility index (Phi) is 17.2. The number of rotatable bonds is 1. The van der Waals surface area contributed by atoms with E-state index < -0.39 is 20.8 Å². The van der Waals surface area contributed by atoms with E-state index in [0.29, 0.717) is 0 Å². The van der Waals surface area contributed by atoms with E-state index in [9.17, 15) is 17.8 Å². The van der Waals surface area contributed by atoms with E-state index in [-0.39, 0.29) is 59.1 Å². The molecule has 0 saturated carbocycles. The zero-order valence-corrected chi connectivity index (χ0v) is 14.6. The Morgan fingerprint density at radius 3 is 1.47 bits per heavy atom. The molecule has 0 heterocycles. The first-order valence-electron chi connectivity index (χ1n) is 3.36. The van der Waals surface area contributed by atoms with Crippen LogP contribution in [0.4, 0.5) is 0 Å². The summed E-state index contributed by atoms with van der Waals surface area (Å²) >= 11 is 0. The zero-order chi connectivity index (χ0) is 11.3. The van der Waals surface area contributed by atoms with Gasteiger partial charge in [-0.3, -0.25) is 0 Å². The molecule has 0 aliphatic rings. The van der Waals surface area contributed by atoms with E-state index in [2.05, 4.69) is 6.58 Å². The minimum Gasteiger partial charge on any atom is -0.748 e. The molecule has 0 bridgehead atoms. The van der Waals surface area contributed by atoms with Crippen LogP contribution in [0.15, 0.2) is 12.7 Å². The largest absolute Gasteiger partial charge is 1.00 e. The number of amides is 1. The first-order chi connectivity index (χ1) is 5.52. The van der Waals surface area contributed by atoms with Crippen molar-refractivity contribution in [2.24, 2.45) is 0 Å². The normalized spacial score (nSPS) is 9.60. The van der Waals surface area contributed by atoms with Crippen molar-refractivity contribution in [3.8, 4) is 0 Å². The Bertz CT molecular complexity index is 282. The van der Waals surface area contributed by atoms with Crippen LogP contribution in [0.2, 0.25) is 0 Å². The van der Waals surface area contributed by atoms with Gasteiger partial charge in [0.05, 0.1) is 20.8 Å². The molecule has 0 radical (unpaired) electrons. The van der Waals surface area contributed by atoms with Crippen molar-refractivity contribution in [2.45, 2.75) is 25.5 Å². The Labute approximate surface area is 135 Å². The average Bonchev–Trinajstić information content (AvgIpc) is 1.84. The predicted molar refractivity (Wildman–Crippen MR) is 49.0 cm³/mol. The molecular formula is C7H13NNa2O4S. The Morgan fingerprint density at radius 1 is 1.33 bits per heavy atom. The monoisotopic (exact) mass is 253 g/mol. The number of hydrogen-bond acceptors (Lipinski definition) is 4. The first-order valence-corrected chi connectivity index (χ1v) is 4.76. The molecule has 0 rings (SSSR count). The van der Waals surface area contributed by atoms with Gasteiger partial charge in [0.2, 0.25) is 0 Å². The fraction of sp³-hybridized carbons (Fsp3) is 0.571. The number of carbonyl (C=O) groups excluding carboxylic acids is 1. The molecule has 8 heteroatoms. The second kappa shape index (κ2) is 10.3. The summed E-state index contributed by atoms with van der Waals surface area (Å²) in [4.78, 5) is 9.36. The molecule has 0 aromatic carbocycles. The van der Waals surface area contributed by atoms with Gasteiger partial charge in [-0.05, 0) is 26.8 Å². The Balaban J connectivity index is -0.0000000770. The molecule has 0 saturated heterocycles. The smallest absolute Gasteiger partial charge is 0.748 e. The van der Waals surface area contributed by atoms with Crippen molar-refractivity contribution in [3.05, 3.63) is 18.4 Å². The van der Waals surface area contributed by atoms with Crippen molar-refractivity contribution in [1.82, 2.24) is 0 Å². The second-order valence-corrected chi connectivity index (χ2v) is 5.27. The molecule has 0 aliphatic carbocycles. The maximum absolute atomic E-state index is 10.1. The standard InChI is InChI=1S/C4H10O3S.C3H5NO.2Na/c1-4(2,3)8(5,6)7;1-2-3(4)5;;/h1-3H3,(H,5,6,7);2H,1H2,(H2,4,5);;/q;;2*+1/p-2. The van der Waals surface area contributed by atoms with Gasteiger partial charge in [-0.1, -0.05) is 6.58 Å². The zero-order valence-electron chi connectivity index (χ0n) is 9.83. The Morgan fingerprint density at radius 2 is 1.47 bits per heavy atom. The molecule has 0 atom stereocenters. The molecule has 0 unspecified atom stereocenters. The van der Waals surface area contributed by atoms with Gasteiger partial charge in [0, 0.05) is 0 Å². The minimum absolute atomic E-state index is 0. The van der Waals surface area contributed by atoms with Crippen LogP contribution in [0, 0.1) is 0 Å². The van der Waals surface area contributed by atoms with Crippen LogP contribution in [0.1, 0.15) is 20.8 Å². The summed E-state index contributed by atoms with van der Waals surface area (Å²) in [5.41, 5.74) is 6.07. The van der Waals surface area contributed by atoms with Crippen LogP contribution in [0.5, 0.6) is 0 Å². The van der Waals surface area contributed by atoms with Gasteiger partial charge in [-0.2, -0.15) is 0 Å². The van der Waals surface area contributed by atoms with E-state index in [4.69, 9.17) is 5.73 Å². The van der Waals surface area contributed by atoms with Gasteiger partial charge in [0.25, 0.3) is 0 Å². The van der Waals surface area contributed by atoms with Gasteiger partial charge in [0.15, 0.2) is 0 Å². The first kappa shape index (κ1) is 25.1. The van der Waals surface area contributed by atoms with Crippen LogP contribution >= 0.6 is 0 Å². The van der Waals surface area contributed by atoms with E-state index >= 15 is 0 Å². The van der Waals surface area contributed by atoms with E-state index in [0.717, 1.165) is 6.08 Å². The molecule has 0 aromatic rings. The quantitative estimate of drug-likeness (QED) is 0.266. The summed E-state index contributed by atoms with van der Waals surface area (Å²) in [5.74, 6) is -0.731. The molecule has 0 aromatic heterocycles. The van der Waals surface area contributed by atoms with Gasteiger partial charge in [-0.15, -0.1) is 0 Å². The number of nitrogens with one attached hydrogen (secondary N) is 1. The van der Waals surface area contributed by atoms with Crippen LogP contribution < -0.4 is 59.1 Å². The summed E-state index contributed by atoms with van der Waals surface area (Å²) < 4.78 is 29.1. The molecule has 1 amide bonds. The van der Waals surface area contributed by atoms with E-state index in [1.807, 2.05) is 0 Å². The summed E-state index contributed by atoms with van der Waals surface area (Å²) in [6.45, 7) is 7.13. The third kappa shape index (κ3) is 17.7. The topological polar surface area (TPSA) is 98.1 Å². The van der Waals surface area contributed by atoms with Crippen LogP contribution in [-0.2, 0) is 14.9 Å². The predicted octanol–water partition coefficient (Wildman–Crippen LogP) is -4.91. The molecule has 0 spiro atoms. The molecule has 15 heavy (non-hydrogen) atoms. The molecule has 0 aliphatic heterocycles. The maximum Gasteiger partial charge on any atom is 1.00 e. The number of carbonyl (C=O) groups is 1. The maximum atomic E-state index is 10.1. The summed E-state index contributed by atoms with van der Waals surface area (Å²) in [5, 5.41) is 0. The molecule has 0 fully saturated rings. The minimum atomic E-state index is -4.09. The van der Waals surface area contributed by atoms with Gasteiger partial charge >= 0.3 is 59.1 Å². The van der Waals surface area contributed by atoms with Gasteiger partial charge in [-0.25, -0.2) is 8.42 Å². The van der Waals surface area contributed by atoms with Crippen LogP contribution in [-0.4, -0.2) is 23.6 Å². The van der Waals surface area contributed by atoms with E-state index in [1.54, 1.807) is 0 Å². The van der Waals surface area contributed by atoms with Crippen molar-refractivity contribution in [2.75, 3.05) is 0 Å². The second-order valence-electron chi connectivity index (χ2n) is 3.13. The Hall–Kier alpha value is 1.12. The van der Waals surface area contributed by atoms with Crippen molar-refractivity contribution >= 4 is 16.0 Å². The average molecular weight is 253 g/mol.